The lowest BCUT2D eigenvalue weighted by molar-refractivity contribution is 0.586. The Hall–Kier alpha value is -13.4. The van der Waals surface area contributed by atoms with Crippen LogP contribution < -0.4 is 0 Å². The van der Waals surface area contributed by atoms with Crippen molar-refractivity contribution in [1.29, 1.82) is 0 Å². The van der Waals surface area contributed by atoms with Crippen LogP contribution in [0.4, 0.5) is 30.7 Å². The second kappa shape index (κ2) is 38.6. The average Bonchev–Trinajstić information content (AvgIpc) is 1.68. The van der Waals surface area contributed by atoms with E-state index in [0.29, 0.717) is 130 Å². The quantitative estimate of drug-likeness (QED) is 0.0641. The molecule has 600 valence electrons. The maximum atomic E-state index is 14.1. The van der Waals surface area contributed by atoms with Gasteiger partial charge in [-0.1, -0.05) is 107 Å². The predicted octanol–water partition coefficient (Wildman–Crippen LogP) is 19.4. The van der Waals surface area contributed by atoms with E-state index < -0.39 is 11.6 Å². The Labute approximate surface area is 717 Å². The van der Waals surface area contributed by atoms with Gasteiger partial charge in [0.25, 0.3) is 0 Å². The van der Waals surface area contributed by atoms with Crippen molar-refractivity contribution in [3.05, 3.63) is 329 Å². The highest BCUT2D eigenvalue weighted by molar-refractivity contribution is 9.10. The van der Waals surface area contributed by atoms with Gasteiger partial charge in [0.2, 0.25) is 23.3 Å². The number of hydrogen-bond acceptors (Lipinski definition) is 27. The third-order valence-corrected chi connectivity index (χ3v) is 22.6. The number of rotatable bonds is 20. The fraction of sp³-hybridized carbons (Fsp3) is 0.0617. The fourth-order valence-electron chi connectivity index (χ4n) is 11.4. The lowest BCUT2D eigenvalue weighted by atomic mass is 10.2. The molecule has 5 aromatic carbocycles. The summed E-state index contributed by atoms with van der Waals surface area (Å²) in [5.74, 6) is 2.72. The molecular formula is C81H53BrF7N25S7. The van der Waals surface area contributed by atoms with Crippen molar-refractivity contribution < 1.29 is 30.7 Å². The van der Waals surface area contributed by atoms with E-state index in [1.54, 1.807) is 163 Å². The molecule has 0 amide bonds. The van der Waals surface area contributed by atoms with E-state index in [1.807, 2.05) is 49.8 Å². The van der Waals surface area contributed by atoms with Gasteiger partial charge in [-0.15, -0.1) is 105 Å². The number of benzene rings is 5. The minimum atomic E-state index is -0.441. The van der Waals surface area contributed by atoms with Crippen LogP contribution in [0.1, 0.15) is 27.8 Å². The van der Waals surface area contributed by atoms with Crippen molar-refractivity contribution in [2.75, 3.05) is 0 Å². The van der Waals surface area contributed by atoms with Gasteiger partial charge in [-0.05, 0) is 66.7 Å². The smallest absolute Gasteiger partial charge is 0.210 e. The van der Waals surface area contributed by atoms with Crippen LogP contribution in [0.5, 0.6) is 0 Å². The summed E-state index contributed by atoms with van der Waals surface area (Å²) in [6, 6.07) is 42.2. The summed E-state index contributed by atoms with van der Waals surface area (Å²) in [5, 5.41) is 38.9. The lowest BCUT2D eigenvalue weighted by Gasteiger charge is -2.06. The summed E-state index contributed by atoms with van der Waals surface area (Å²) in [5.41, 5.74) is 9.05. The fourth-order valence-corrected chi connectivity index (χ4v) is 15.8. The summed E-state index contributed by atoms with van der Waals surface area (Å²) in [4.78, 5) is 64.8. The molecule has 0 saturated carbocycles. The second-order valence-corrected chi connectivity index (χ2v) is 31.9. The summed E-state index contributed by atoms with van der Waals surface area (Å²) >= 11 is 13.6. The van der Waals surface area contributed by atoms with Crippen LogP contribution in [0, 0.1) is 40.7 Å². The standard InChI is InChI=1S/C17H11BrFN5S.2C17H11F2N5S.2C15H10FN5S2/c18-12-5-6-20-14(9-12)16-22-15(17-21-7-8-25-17)23-24(16)10-11-3-1-2-4-13(11)19;18-12-5-6-14(21-9-12)16-22-15(17-20-7-8-25-17)23-24(16)10-11-3-1-2-4-13(11)19;18-12-5-6-14(21-9-12)15-22-16(17-20-7-8-25-17)24(23-15)10-11-3-1-2-4-13(11)19;16-11-4-2-1-3-10(11)7-21-14(12-8-22-9-18-12)19-13(20-21)15-17-5-6-23-15;16-11-4-2-1-3-10(11)7-21-14(15-17-5-6-23-15)19-13(20-21)12-8-22-9-18-12/h3*1-9H,10H2;2*1-6,8-9H,7H2. The molecule has 20 aromatic rings. The zero-order valence-electron chi connectivity index (χ0n) is 61.9. The van der Waals surface area contributed by atoms with Crippen molar-refractivity contribution in [3.63, 3.8) is 0 Å². The SMILES string of the molecule is Fc1ccc(-c2nc(-c3nccs3)n(Cc3ccccc3F)n2)nc1.Fc1ccc(-c2nc(-c3nccs3)nn2Cc2ccccc2F)nc1.Fc1ccccc1Cn1nc(-c2cscn2)nc1-c1nccs1.Fc1ccccc1Cn1nc(-c2nccs2)nc1-c1cc(Br)ccn1.Fc1ccccc1Cn1nc(-c2nccs2)nc1-c1cscn1. The Morgan fingerprint density at radius 2 is 0.587 bits per heavy atom. The van der Waals surface area contributed by atoms with Crippen LogP contribution >= 0.6 is 95.3 Å². The highest BCUT2D eigenvalue weighted by Gasteiger charge is 2.24. The molecule has 15 aromatic heterocycles. The van der Waals surface area contributed by atoms with Crippen LogP contribution in [0.15, 0.2) is 260 Å². The van der Waals surface area contributed by atoms with Crippen LogP contribution in [-0.4, -0.2) is 124 Å². The lowest BCUT2D eigenvalue weighted by Crippen LogP contribution is -2.06. The molecule has 15 heterocycles. The molecule has 121 heavy (non-hydrogen) atoms. The van der Waals surface area contributed by atoms with Gasteiger partial charge >= 0.3 is 0 Å². The normalized spacial score (nSPS) is 11.0. The van der Waals surface area contributed by atoms with Crippen molar-refractivity contribution in [1.82, 2.24) is 124 Å². The third kappa shape index (κ3) is 20.2. The highest BCUT2D eigenvalue weighted by atomic mass is 79.9. The first-order chi connectivity index (χ1) is 59.2. The Bertz CT molecular complexity index is 6560. The first kappa shape index (κ1) is 81.4. The molecule has 0 N–H and O–H groups in total. The van der Waals surface area contributed by atoms with Gasteiger partial charge < -0.3 is 0 Å². The Morgan fingerprint density at radius 3 is 0.917 bits per heavy atom. The molecular weight excluding hydrogens is 1760 g/mol. The molecule has 20 rings (SSSR count). The van der Waals surface area contributed by atoms with Crippen molar-refractivity contribution in [2.24, 2.45) is 0 Å². The second-order valence-electron chi connectivity index (χ2n) is 25.1. The molecule has 40 heteroatoms. The summed E-state index contributed by atoms with van der Waals surface area (Å²) in [6.45, 7) is 1.22. The van der Waals surface area contributed by atoms with Crippen LogP contribution in [0.25, 0.3) is 112 Å². The van der Waals surface area contributed by atoms with E-state index in [2.05, 4.69) is 116 Å². The number of thiazole rings is 7. The third-order valence-electron chi connectivity index (χ3n) is 17.1. The van der Waals surface area contributed by atoms with Crippen LogP contribution in [0.3, 0.4) is 0 Å². The number of pyridine rings is 3. The maximum absolute atomic E-state index is 14.1. The van der Waals surface area contributed by atoms with Crippen molar-refractivity contribution in [2.45, 2.75) is 32.7 Å². The monoisotopic (exact) mass is 1810 g/mol. The number of hydrogen-bond donors (Lipinski definition) is 0. The van der Waals surface area contributed by atoms with Gasteiger partial charge in [0, 0.05) is 107 Å². The van der Waals surface area contributed by atoms with E-state index in [-0.39, 0.29) is 55.3 Å². The molecule has 0 atom stereocenters. The minimum absolute atomic E-state index is 0.180. The van der Waals surface area contributed by atoms with Gasteiger partial charge in [-0.2, -0.15) is 0 Å². The van der Waals surface area contributed by atoms with Crippen molar-refractivity contribution >= 4 is 95.3 Å². The largest absolute Gasteiger partial charge is 0.253 e. The van der Waals surface area contributed by atoms with Gasteiger partial charge in [0.05, 0.1) is 56.1 Å². The molecule has 0 bridgehead atoms. The molecule has 0 saturated heterocycles. The highest BCUT2D eigenvalue weighted by Crippen LogP contribution is 2.32. The topological polar surface area (TPSA) is 282 Å². The number of nitrogens with zero attached hydrogens (tertiary/aromatic N) is 25. The molecule has 0 radical (unpaired) electrons. The molecule has 0 aliphatic rings. The molecule has 25 nitrogen and oxygen atoms in total. The average molecular weight is 1810 g/mol. The Kier molecular flexibility index (Phi) is 26.0. The van der Waals surface area contributed by atoms with E-state index in [1.165, 1.54) is 134 Å². The van der Waals surface area contributed by atoms with Gasteiger partial charge in [0.15, 0.2) is 60.0 Å². The first-order valence-electron chi connectivity index (χ1n) is 35.8. The minimum Gasteiger partial charge on any atom is -0.253 e. The van der Waals surface area contributed by atoms with E-state index in [4.69, 9.17) is 0 Å². The summed E-state index contributed by atoms with van der Waals surface area (Å²) < 4.78 is 105. The van der Waals surface area contributed by atoms with Crippen LogP contribution in [-0.2, 0) is 32.7 Å². The van der Waals surface area contributed by atoms with Crippen molar-refractivity contribution in [3.8, 4) is 112 Å². The van der Waals surface area contributed by atoms with E-state index in [0.717, 1.165) is 32.6 Å². The van der Waals surface area contributed by atoms with Gasteiger partial charge in [0.1, 0.15) is 69.2 Å². The maximum Gasteiger partial charge on any atom is 0.210 e. The molecule has 0 aliphatic carbocycles. The van der Waals surface area contributed by atoms with E-state index >= 15 is 0 Å². The summed E-state index contributed by atoms with van der Waals surface area (Å²) in [7, 11) is 0. The molecule has 0 fully saturated rings. The molecule has 0 aliphatic heterocycles. The van der Waals surface area contributed by atoms with Gasteiger partial charge in [-0.25, -0.2) is 124 Å². The zero-order chi connectivity index (χ0) is 83.0. The Morgan fingerprint density at radius 1 is 0.273 bits per heavy atom. The van der Waals surface area contributed by atoms with Crippen LogP contribution in [0.2, 0.25) is 0 Å². The Balaban J connectivity index is 0.000000112. The van der Waals surface area contributed by atoms with Gasteiger partial charge in [-0.3, -0.25) is 4.98 Å². The zero-order valence-corrected chi connectivity index (χ0v) is 69.2. The number of aromatic nitrogens is 25. The first-order valence-corrected chi connectivity index (χ1v) is 42.8. The predicted molar refractivity (Wildman–Crippen MR) is 453 cm³/mol. The van der Waals surface area contributed by atoms with E-state index in [9.17, 15) is 30.7 Å². The molecule has 0 unspecified atom stereocenters. The molecule has 0 spiro atoms. The number of halogens is 8. The summed E-state index contributed by atoms with van der Waals surface area (Å²) in [6.07, 6.45) is 12.4.